The SMILES string of the molecule is O=C1c2cccc(I)c2C(=O)N1Cc1ccccc1Br. The van der Waals surface area contributed by atoms with Crippen molar-refractivity contribution in [3.8, 4) is 0 Å². The third kappa shape index (κ3) is 2.18. The van der Waals surface area contributed by atoms with Crippen molar-refractivity contribution in [1.82, 2.24) is 4.90 Å². The fraction of sp³-hybridized carbons (Fsp3) is 0.0667. The highest BCUT2D eigenvalue weighted by atomic mass is 127. The summed E-state index contributed by atoms with van der Waals surface area (Å²) in [6, 6.07) is 12.9. The first-order valence-electron chi connectivity index (χ1n) is 5.97. The van der Waals surface area contributed by atoms with Gasteiger partial charge in [0.1, 0.15) is 0 Å². The maximum atomic E-state index is 12.4. The van der Waals surface area contributed by atoms with Crippen molar-refractivity contribution in [1.29, 1.82) is 0 Å². The van der Waals surface area contributed by atoms with Crippen molar-refractivity contribution < 1.29 is 9.59 Å². The molecule has 0 bridgehead atoms. The van der Waals surface area contributed by atoms with Crippen LogP contribution in [0.4, 0.5) is 0 Å². The van der Waals surface area contributed by atoms with Crippen LogP contribution in [0.1, 0.15) is 26.3 Å². The number of halogens is 2. The van der Waals surface area contributed by atoms with E-state index in [4.69, 9.17) is 0 Å². The second-order valence-electron chi connectivity index (χ2n) is 4.45. The first kappa shape index (κ1) is 13.8. The quantitative estimate of drug-likeness (QED) is 0.524. The zero-order valence-electron chi connectivity index (χ0n) is 10.3. The van der Waals surface area contributed by atoms with Crippen LogP contribution in [-0.2, 0) is 6.54 Å². The van der Waals surface area contributed by atoms with E-state index >= 15 is 0 Å². The van der Waals surface area contributed by atoms with E-state index < -0.39 is 0 Å². The lowest BCUT2D eigenvalue weighted by Gasteiger charge is -2.14. The molecule has 0 spiro atoms. The van der Waals surface area contributed by atoms with Crippen molar-refractivity contribution in [3.05, 3.63) is 67.2 Å². The fourth-order valence-corrected chi connectivity index (χ4v) is 3.37. The number of hydrogen-bond acceptors (Lipinski definition) is 2. The normalized spacial score (nSPS) is 13.8. The Kier molecular flexibility index (Phi) is 3.64. The van der Waals surface area contributed by atoms with Crippen molar-refractivity contribution in [2.75, 3.05) is 0 Å². The molecule has 0 saturated heterocycles. The number of hydrogen-bond donors (Lipinski definition) is 0. The van der Waals surface area contributed by atoms with Crippen molar-refractivity contribution in [2.45, 2.75) is 6.54 Å². The van der Waals surface area contributed by atoms with E-state index in [1.807, 2.05) is 30.3 Å². The van der Waals surface area contributed by atoms with Gasteiger partial charge in [0.05, 0.1) is 17.7 Å². The van der Waals surface area contributed by atoms with Gasteiger partial charge in [0.2, 0.25) is 0 Å². The molecular formula is C15H9BrINO2. The summed E-state index contributed by atoms with van der Waals surface area (Å²) in [5.41, 5.74) is 1.93. The molecule has 0 N–H and O–H groups in total. The highest BCUT2D eigenvalue weighted by Crippen LogP contribution is 2.29. The largest absolute Gasteiger partial charge is 0.270 e. The molecule has 1 aliphatic rings. The highest BCUT2D eigenvalue weighted by molar-refractivity contribution is 14.1. The van der Waals surface area contributed by atoms with Crippen LogP contribution in [0.25, 0.3) is 0 Å². The second-order valence-corrected chi connectivity index (χ2v) is 6.47. The molecule has 0 saturated carbocycles. The van der Waals surface area contributed by atoms with Crippen LogP contribution in [0.15, 0.2) is 46.9 Å². The third-order valence-corrected chi connectivity index (χ3v) is 4.91. The summed E-state index contributed by atoms with van der Waals surface area (Å²) in [6.07, 6.45) is 0. The molecule has 0 fully saturated rings. The van der Waals surface area contributed by atoms with E-state index in [0.29, 0.717) is 11.1 Å². The number of benzene rings is 2. The van der Waals surface area contributed by atoms with E-state index in [9.17, 15) is 9.59 Å². The molecule has 1 aliphatic heterocycles. The van der Waals surface area contributed by atoms with E-state index in [1.54, 1.807) is 12.1 Å². The summed E-state index contributed by atoms with van der Waals surface area (Å²) in [5.74, 6) is -0.440. The molecule has 0 atom stereocenters. The number of amides is 2. The van der Waals surface area contributed by atoms with Gasteiger partial charge in [0.15, 0.2) is 0 Å². The maximum Gasteiger partial charge on any atom is 0.262 e. The predicted molar refractivity (Wildman–Crippen MR) is 87.5 cm³/mol. The molecule has 2 aromatic rings. The zero-order chi connectivity index (χ0) is 14.3. The van der Waals surface area contributed by atoms with E-state index in [2.05, 4.69) is 38.5 Å². The molecule has 100 valence electrons. The lowest BCUT2D eigenvalue weighted by molar-refractivity contribution is 0.0641. The first-order valence-corrected chi connectivity index (χ1v) is 7.85. The first-order chi connectivity index (χ1) is 9.59. The van der Waals surface area contributed by atoms with Gasteiger partial charge in [-0.25, -0.2) is 0 Å². The number of nitrogens with zero attached hydrogens (tertiary/aromatic N) is 1. The van der Waals surface area contributed by atoms with Crippen LogP contribution in [0.5, 0.6) is 0 Å². The molecule has 0 radical (unpaired) electrons. The summed E-state index contributed by atoms with van der Waals surface area (Å²) in [4.78, 5) is 26.1. The van der Waals surface area contributed by atoms with Crippen molar-refractivity contribution in [3.63, 3.8) is 0 Å². The van der Waals surface area contributed by atoms with Gasteiger partial charge in [0, 0.05) is 8.04 Å². The molecule has 0 aromatic heterocycles. The molecule has 2 amide bonds. The second kappa shape index (κ2) is 5.29. The van der Waals surface area contributed by atoms with Crippen LogP contribution >= 0.6 is 38.5 Å². The number of imide groups is 1. The highest BCUT2D eigenvalue weighted by Gasteiger charge is 2.36. The maximum absolute atomic E-state index is 12.4. The van der Waals surface area contributed by atoms with Gasteiger partial charge in [-0.1, -0.05) is 40.2 Å². The third-order valence-electron chi connectivity index (χ3n) is 3.23. The fourth-order valence-electron chi connectivity index (χ4n) is 2.23. The van der Waals surface area contributed by atoms with Crippen LogP contribution in [0.3, 0.4) is 0 Å². The Labute approximate surface area is 138 Å². The minimum Gasteiger partial charge on any atom is -0.270 e. The number of carbonyl (C=O) groups is 2. The lowest BCUT2D eigenvalue weighted by Crippen LogP contribution is -2.29. The Balaban J connectivity index is 1.99. The van der Waals surface area contributed by atoms with Gasteiger partial charge < -0.3 is 0 Å². The van der Waals surface area contributed by atoms with E-state index in [-0.39, 0.29) is 18.4 Å². The minimum absolute atomic E-state index is 0.217. The van der Waals surface area contributed by atoms with E-state index in [1.165, 1.54) is 4.90 Å². The Morgan fingerprint density at radius 3 is 2.45 bits per heavy atom. The van der Waals surface area contributed by atoms with Crippen LogP contribution < -0.4 is 0 Å². The summed E-state index contributed by atoms with van der Waals surface area (Å²) in [6.45, 7) is 0.282. The average Bonchev–Trinajstić information content (AvgIpc) is 2.67. The molecular weight excluding hydrogens is 433 g/mol. The summed E-state index contributed by atoms with van der Waals surface area (Å²) in [5, 5.41) is 0. The van der Waals surface area contributed by atoms with Gasteiger partial charge in [-0.3, -0.25) is 14.5 Å². The van der Waals surface area contributed by atoms with Crippen molar-refractivity contribution in [2.24, 2.45) is 0 Å². The van der Waals surface area contributed by atoms with Gasteiger partial charge in [-0.05, 0) is 46.4 Å². The van der Waals surface area contributed by atoms with Crippen molar-refractivity contribution >= 4 is 50.3 Å². The van der Waals surface area contributed by atoms with Crippen LogP contribution in [0.2, 0.25) is 0 Å². The molecule has 3 rings (SSSR count). The molecule has 1 heterocycles. The number of rotatable bonds is 2. The Morgan fingerprint density at radius 1 is 1.00 bits per heavy atom. The van der Waals surface area contributed by atoms with Gasteiger partial charge in [-0.2, -0.15) is 0 Å². The summed E-state index contributed by atoms with van der Waals surface area (Å²) >= 11 is 5.53. The standard InChI is InChI=1S/C15H9BrINO2/c16-11-6-2-1-4-9(11)8-18-14(19)10-5-3-7-12(17)13(10)15(18)20/h1-7H,8H2. The lowest BCUT2D eigenvalue weighted by atomic mass is 10.1. The zero-order valence-corrected chi connectivity index (χ0v) is 14.0. The Bertz CT molecular complexity index is 730. The number of fused-ring (bicyclic) bond motifs is 1. The molecule has 3 nitrogen and oxygen atoms in total. The molecule has 0 unspecified atom stereocenters. The Hall–Kier alpha value is -1.21. The smallest absolute Gasteiger partial charge is 0.262 e. The number of carbonyl (C=O) groups excluding carboxylic acids is 2. The van der Waals surface area contributed by atoms with Gasteiger partial charge >= 0.3 is 0 Å². The minimum atomic E-state index is -0.223. The molecule has 0 aliphatic carbocycles. The summed E-state index contributed by atoms with van der Waals surface area (Å²) < 4.78 is 1.71. The molecule has 20 heavy (non-hydrogen) atoms. The molecule has 5 heteroatoms. The average molecular weight is 442 g/mol. The monoisotopic (exact) mass is 441 g/mol. The van der Waals surface area contributed by atoms with Crippen LogP contribution in [-0.4, -0.2) is 16.7 Å². The summed E-state index contributed by atoms with van der Waals surface area (Å²) in [7, 11) is 0. The predicted octanol–water partition coefficient (Wildman–Crippen LogP) is 3.85. The van der Waals surface area contributed by atoms with Gasteiger partial charge in [-0.15, -0.1) is 0 Å². The van der Waals surface area contributed by atoms with E-state index in [0.717, 1.165) is 13.6 Å². The Morgan fingerprint density at radius 2 is 1.75 bits per heavy atom. The topological polar surface area (TPSA) is 37.4 Å². The van der Waals surface area contributed by atoms with Gasteiger partial charge in [0.25, 0.3) is 11.8 Å². The molecule has 2 aromatic carbocycles. The van der Waals surface area contributed by atoms with Crippen LogP contribution in [0, 0.1) is 3.57 Å².